The third-order valence-electron chi connectivity index (χ3n) is 2.68. The molecule has 17 heavy (non-hydrogen) atoms. The van der Waals surface area contributed by atoms with Gasteiger partial charge in [0.15, 0.2) is 5.96 Å². The number of hydrogen-bond donors (Lipinski definition) is 2. The fourth-order valence-electron chi connectivity index (χ4n) is 1.74. The van der Waals surface area contributed by atoms with Crippen LogP contribution in [0.1, 0.15) is 11.1 Å². The zero-order valence-electron chi connectivity index (χ0n) is 9.89. The second kappa shape index (κ2) is 6.80. The first-order chi connectivity index (χ1) is 7.79. The van der Waals surface area contributed by atoms with Crippen molar-refractivity contribution < 1.29 is 5.11 Å². The van der Waals surface area contributed by atoms with Crippen LogP contribution in [0, 0.1) is 0 Å². The van der Waals surface area contributed by atoms with Crippen LogP contribution in [0.25, 0.3) is 0 Å². The van der Waals surface area contributed by atoms with Gasteiger partial charge in [-0.05, 0) is 11.1 Å². The molecule has 2 N–H and O–H groups in total. The molecule has 0 aromatic heterocycles. The van der Waals surface area contributed by atoms with Crippen molar-refractivity contribution in [2.75, 3.05) is 20.1 Å². The molecule has 0 saturated heterocycles. The predicted molar refractivity (Wildman–Crippen MR) is 79.6 cm³/mol. The lowest BCUT2D eigenvalue weighted by Crippen LogP contribution is -2.35. The van der Waals surface area contributed by atoms with Gasteiger partial charge < -0.3 is 15.3 Å². The fraction of sp³-hybridized carbons (Fsp3) is 0.417. The molecular formula is C12H18IN3O. The van der Waals surface area contributed by atoms with Gasteiger partial charge >= 0.3 is 0 Å². The molecule has 1 aromatic carbocycles. The normalized spacial score (nSPS) is 14.2. The Morgan fingerprint density at radius 3 is 2.82 bits per heavy atom. The van der Waals surface area contributed by atoms with E-state index < -0.39 is 0 Å². The number of hydrogen-bond acceptors (Lipinski definition) is 4. The molecule has 0 atom stereocenters. The van der Waals surface area contributed by atoms with Gasteiger partial charge in [-0.3, -0.25) is 4.99 Å². The number of likely N-dealkylation sites (N-methyl/N-ethyl adjacent to an activating group) is 1. The molecule has 0 amide bonds. The molecule has 1 aliphatic heterocycles. The van der Waals surface area contributed by atoms with Gasteiger partial charge in [0.2, 0.25) is 0 Å². The fourth-order valence-corrected chi connectivity index (χ4v) is 1.74. The average Bonchev–Trinajstić information content (AvgIpc) is 2.72. The minimum Gasteiger partial charge on any atom is -0.392 e. The summed E-state index contributed by atoms with van der Waals surface area (Å²) in [4.78, 5) is 6.46. The van der Waals surface area contributed by atoms with Gasteiger partial charge in [0.05, 0.1) is 13.2 Å². The van der Waals surface area contributed by atoms with Crippen molar-refractivity contribution in [2.45, 2.75) is 13.2 Å². The van der Waals surface area contributed by atoms with Crippen molar-refractivity contribution >= 4 is 29.9 Å². The Balaban J connectivity index is 0.00000144. The molecule has 0 aliphatic carbocycles. The molecule has 2 rings (SSSR count). The largest absolute Gasteiger partial charge is 0.392 e. The molecule has 0 radical (unpaired) electrons. The standard InChI is InChI=1S/C12H17N3O.HI/c1-15-6-5-13-12(15)14-8-10-3-2-4-11(7-10)9-16;/h2-4,7,16H,5-6,8-9H2,1H3,(H,13,14);1H. The maximum absolute atomic E-state index is 9.03. The number of nitrogens with zero attached hydrogens (tertiary/aromatic N) is 2. The number of aliphatic imine (C=N–C) groups is 1. The van der Waals surface area contributed by atoms with Crippen LogP contribution in [0.2, 0.25) is 0 Å². The topological polar surface area (TPSA) is 47.9 Å². The van der Waals surface area contributed by atoms with E-state index in [2.05, 4.69) is 15.2 Å². The third-order valence-corrected chi connectivity index (χ3v) is 2.68. The third kappa shape index (κ3) is 3.85. The summed E-state index contributed by atoms with van der Waals surface area (Å²) in [5, 5.41) is 12.3. The monoisotopic (exact) mass is 347 g/mol. The minimum atomic E-state index is 0. The van der Waals surface area contributed by atoms with Gasteiger partial charge in [-0.25, -0.2) is 0 Å². The van der Waals surface area contributed by atoms with Gasteiger partial charge in [-0.2, -0.15) is 0 Å². The molecule has 0 unspecified atom stereocenters. The maximum atomic E-state index is 9.03. The smallest absolute Gasteiger partial charge is 0.194 e. The van der Waals surface area contributed by atoms with Gasteiger partial charge in [-0.1, -0.05) is 24.3 Å². The van der Waals surface area contributed by atoms with Gasteiger partial charge in [0, 0.05) is 20.1 Å². The highest BCUT2D eigenvalue weighted by Crippen LogP contribution is 2.05. The highest BCUT2D eigenvalue weighted by Gasteiger charge is 2.10. The second-order valence-electron chi connectivity index (χ2n) is 3.96. The Kier molecular flexibility index (Phi) is 5.70. The maximum Gasteiger partial charge on any atom is 0.194 e. The summed E-state index contributed by atoms with van der Waals surface area (Å²) in [6.07, 6.45) is 0. The lowest BCUT2D eigenvalue weighted by Gasteiger charge is -2.15. The van der Waals surface area contributed by atoms with E-state index in [4.69, 9.17) is 5.11 Å². The predicted octanol–water partition coefficient (Wildman–Crippen LogP) is 1.19. The number of guanidine groups is 1. The molecule has 0 fully saturated rings. The summed E-state index contributed by atoms with van der Waals surface area (Å²) < 4.78 is 0. The second-order valence-corrected chi connectivity index (χ2v) is 3.96. The van der Waals surface area contributed by atoms with E-state index in [-0.39, 0.29) is 30.6 Å². The van der Waals surface area contributed by atoms with Crippen molar-refractivity contribution in [1.82, 2.24) is 10.2 Å². The first-order valence-corrected chi connectivity index (χ1v) is 5.48. The highest BCUT2D eigenvalue weighted by molar-refractivity contribution is 14.0. The number of aliphatic hydroxyl groups is 1. The Hall–Kier alpha value is -0.820. The highest BCUT2D eigenvalue weighted by atomic mass is 127. The van der Waals surface area contributed by atoms with E-state index in [1.807, 2.05) is 31.3 Å². The van der Waals surface area contributed by atoms with Crippen LogP contribution >= 0.6 is 24.0 Å². The molecule has 0 spiro atoms. The SMILES string of the molecule is CN1CCN=C1NCc1cccc(CO)c1.I. The number of halogens is 1. The molecule has 4 nitrogen and oxygen atoms in total. The Morgan fingerprint density at radius 1 is 1.41 bits per heavy atom. The number of rotatable bonds is 3. The van der Waals surface area contributed by atoms with Crippen molar-refractivity contribution in [3.63, 3.8) is 0 Å². The Labute approximate surface area is 119 Å². The van der Waals surface area contributed by atoms with Crippen molar-refractivity contribution in [1.29, 1.82) is 0 Å². The molecule has 1 aromatic rings. The van der Waals surface area contributed by atoms with E-state index >= 15 is 0 Å². The molecular weight excluding hydrogens is 329 g/mol. The summed E-state index contributed by atoms with van der Waals surface area (Å²) >= 11 is 0. The summed E-state index contributed by atoms with van der Waals surface area (Å²) in [6.45, 7) is 2.69. The van der Waals surface area contributed by atoms with Crippen LogP contribution in [0.15, 0.2) is 29.3 Å². The summed E-state index contributed by atoms with van der Waals surface area (Å²) in [5.41, 5.74) is 2.11. The molecule has 1 heterocycles. The van der Waals surface area contributed by atoms with Crippen LogP contribution in [-0.2, 0) is 13.2 Å². The minimum absolute atomic E-state index is 0. The van der Waals surface area contributed by atoms with Crippen molar-refractivity contribution in [3.05, 3.63) is 35.4 Å². The van der Waals surface area contributed by atoms with Crippen LogP contribution in [0.3, 0.4) is 0 Å². The zero-order chi connectivity index (χ0) is 11.4. The van der Waals surface area contributed by atoms with Gasteiger partial charge in [0.1, 0.15) is 0 Å². The van der Waals surface area contributed by atoms with Crippen LogP contribution in [-0.4, -0.2) is 36.1 Å². The number of nitrogens with one attached hydrogen (secondary N) is 1. The van der Waals surface area contributed by atoms with Crippen LogP contribution in [0.4, 0.5) is 0 Å². The Bertz CT molecular complexity index is 395. The van der Waals surface area contributed by atoms with E-state index in [1.54, 1.807) is 0 Å². The van der Waals surface area contributed by atoms with E-state index in [0.29, 0.717) is 0 Å². The molecule has 0 bridgehead atoms. The van der Waals surface area contributed by atoms with Crippen LogP contribution < -0.4 is 5.32 Å². The lowest BCUT2D eigenvalue weighted by atomic mass is 10.1. The van der Waals surface area contributed by atoms with Gasteiger partial charge in [-0.15, -0.1) is 24.0 Å². The summed E-state index contributed by atoms with van der Waals surface area (Å²) in [5.74, 6) is 0.953. The van der Waals surface area contributed by atoms with Crippen LogP contribution in [0.5, 0.6) is 0 Å². The number of benzene rings is 1. The molecule has 94 valence electrons. The quantitative estimate of drug-likeness (QED) is 0.808. The first kappa shape index (κ1) is 14.2. The molecule has 5 heteroatoms. The zero-order valence-corrected chi connectivity index (χ0v) is 12.2. The molecule has 0 saturated carbocycles. The van der Waals surface area contributed by atoms with Crippen molar-refractivity contribution in [3.8, 4) is 0 Å². The summed E-state index contributed by atoms with van der Waals surface area (Å²) in [6, 6.07) is 7.93. The van der Waals surface area contributed by atoms with E-state index in [1.165, 1.54) is 0 Å². The molecule has 1 aliphatic rings. The number of aliphatic hydroxyl groups excluding tert-OH is 1. The first-order valence-electron chi connectivity index (χ1n) is 5.48. The van der Waals surface area contributed by atoms with E-state index in [9.17, 15) is 0 Å². The summed E-state index contributed by atoms with van der Waals surface area (Å²) in [7, 11) is 2.03. The Morgan fingerprint density at radius 2 is 2.18 bits per heavy atom. The van der Waals surface area contributed by atoms with Crippen molar-refractivity contribution in [2.24, 2.45) is 4.99 Å². The average molecular weight is 347 g/mol. The lowest BCUT2D eigenvalue weighted by molar-refractivity contribution is 0.281. The van der Waals surface area contributed by atoms with E-state index in [0.717, 1.165) is 36.7 Å². The van der Waals surface area contributed by atoms with Gasteiger partial charge in [0.25, 0.3) is 0 Å².